The number of halogens is 2. The fraction of sp³-hybridized carbons (Fsp3) is 0.214. The maximum Gasteiger partial charge on any atom is 0.242 e. The molecule has 5 nitrogen and oxygen atoms in total. The second-order valence-corrected chi connectivity index (χ2v) is 7.14. The molecule has 1 heterocycles. The molecule has 0 amide bonds. The van der Waals surface area contributed by atoms with E-state index in [1.54, 1.807) is 24.3 Å². The topological polar surface area (TPSA) is 79.3 Å². The van der Waals surface area contributed by atoms with Gasteiger partial charge in [0.1, 0.15) is 15.8 Å². The van der Waals surface area contributed by atoms with Crippen LogP contribution in [0.15, 0.2) is 41.4 Å². The van der Waals surface area contributed by atoms with Gasteiger partial charge in [0.2, 0.25) is 10.0 Å². The van der Waals surface area contributed by atoms with Crippen LogP contribution in [0.2, 0.25) is 10.2 Å². The molecule has 1 aromatic carbocycles. The summed E-state index contributed by atoms with van der Waals surface area (Å²) in [4.78, 5) is 3.70. The van der Waals surface area contributed by atoms with Crippen molar-refractivity contribution in [1.82, 2.24) is 9.71 Å². The summed E-state index contributed by atoms with van der Waals surface area (Å²) in [5.74, 6) is 0.205. The molecule has 0 bridgehead atoms. The van der Waals surface area contributed by atoms with Crippen molar-refractivity contribution in [2.45, 2.75) is 17.7 Å². The standard InChI is InChI=1S/C14H14Cl2N2O3S/c15-13-8-12(9-17-14(13)16)22(20,21)18-7-1-2-10-3-5-11(19)6-4-10/h3-6,8-9,18-19H,1-2,7H2. The number of nitrogens with one attached hydrogen (secondary N) is 1. The average molecular weight is 361 g/mol. The maximum absolute atomic E-state index is 12.1. The first-order valence-corrected chi connectivity index (χ1v) is 8.71. The van der Waals surface area contributed by atoms with Crippen LogP contribution < -0.4 is 4.72 Å². The van der Waals surface area contributed by atoms with E-state index in [4.69, 9.17) is 23.2 Å². The van der Waals surface area contributed by atoms with Crippen LogP contribution in [0.3, 0.4) is 0 Å². The number of aromatic hydroxyl groups is 1. The molecular formula is C14H14Cl2N2O3S. The molecule has 0 aliphatic heterocycles. The van der Waals surface area contributed by atoms with E-state index < -0.39 is 10.0 Å². The van der Waals surface area contributed by atoms with Crippen LogP contribution in [0.1, 0.15) is 12.0 Å². The molecule has 0 aliphatic rings. The number of phenols is 1. The number of rotatable bonds is 6. The zero-order valence-corrected chi connectivity index (χ0v) is 13.8. The van der Waals surface area contributed by atoms with Crippen LogP contribution in [0, 0.1) is 0 Å². The monoisotopic (exact) mass is 360 g/mol. The van der Waals surface area contributed by atoms with Gasteiger partial charge >= 0.3 is 0 Å². The quantitative estimate of drug-likeness (QED) is 0.612. The maximum atomic E-state index is 12.1. The van der Waals surface area contributed by atoms with Crippen molar-refractivity contribution in [3.05, 3.63) is 52.3 Å². The molecule has 2 aromatic rings. The SMILES string of the molecule is O=S(=O)(NCCCc1ccc(O)cc1)c1cnc(Cl)c(Cl)c1. The molecule has 8 heteroatoms. The number of phenolic OH excluding ortho intramolecular Hbond substituents is 1. The highest BCUT2D eigenvalue weighted by molar-refractivity contribution is 7.89. The van der Waals surface area contributed by atoms with Gasteiger partial charge in [-0.05, 0) is 36.6 Å². The van der Waals surface area contributed by atoms with E-state index in [0.29, 0.717) is 12.8 Å². The Hall–Kier alpha value is -1.34. The Kier molecular flexibility index (Phi) is 5.63. The minimum absolute atomic E-state index is 0.0217. The second-order valence-electron chi connectivity index (χ2n) is 4.61. The number of hydrogen-bond donors (Lipinski definition) is 2. The summed E-state index contributed by atoms with van der Waals surface area (Å²) < 4.78 is 26.6. The van der Waals surface area contributed by atoms with E-state index in [9.17, 15) is 13.5 Å². The molecule has 0 spiro atoms. The smallest absolute Gasteiger partial charge is 0.242 e. The van der Waals surface area contributed by atoms with E-state index in [2.05, 4.69) is 9.71 Å². The number of aromatic nitrogens is 1. The lowest BCUT2D eigenvalue weighted by Crippen LogP contribution is -2.25. The fourth-order valence-electron chi connectivity index (χ4n) is 1.80. The van der Waals surface area contributed by atoms with E-state index in [1.807, 2.05) is 0 Å². The van der Waals surface area contributed by atoms with Gasteiger partial charge in [-0.15, -0.1) is 0 Å². The van der Waals surface area contributed by atoms with Crippen LogP contribution in [-0.2, 0) is 16.4 Å². The Morgan fingerprint density at radius 1 is 1.18 bits per heavy atom. The fourth-order valence-corrected chi connectivity index (χ4v) is 3.17. The minimum Gasteiger partial charge on any atom is -0.508 e. The molecule has 0 radical (unpaired) electrons. The second kappa shape index (κ2) is 7.28. The van der Waals surface area contributed by atoms with E-state index in [1.165, 1.54) is 6.07 Å². The van der Waals surface area contributed by atoms with Crippen molar-refractivity contribution in [3.8, 4) is 5.75 Å². The first-order valence-electron chi connectivity index (χ1n) is 6.47. The highest BCUT2D eigenvalue weighted by Gasteiger charge is 2.15. The largest absolute Gasteiger partial charge is 0.508 e. The number of sulfonamides is 1. The van der Waals surface area contributed by atoms with Crippen LogP contribution in [0.25, 0.3) is 0 Å². The molecule has 0 atom stereocenters. The van der Waals surface area contributed by atoms with Crippen molar-refractivity contribution in [3.63, 3.8) is 0 Å². The Labute approximate surface area is 139 Å². The highest BCUT2D eigenvalue weighted by Crippen LogP contribution is 2.22. The lowest BCUT2D eigenvalue weighted by atomic mass is 10.1. The predicted molar refractivity (Wildman–Crippen MR) is 85.9 cm³/mol. The van der Waals surface area contributed by atoms with Gasteiger partial charge in [0, 0.05) is 12.7 Å². The van der Waals surface area contributed by atoms with Crippen molar-refractivity contribution in [1.29, 1.82) is 0 Å². The summed E-state index contributed by atoms with van der Waals surface area (Å²) in [7, 11) is -3.66. The summed E-state index contributed by atoms with van der Waals surface area (Å²) in [6.07, 6.45) is 2.48. The van der Waals surface area contributed by atoms with Gasteiger partial charge in [-0.3, -0.25) is 0 Å². The Morgan fingerprint density at radius 2 is 1.86 bits per heavy atom. The Balaban J connectivity index is 1.89. The molecule has 0 aliphatic carbocycles. The summed E-state index contributed by atoms with van der Waals surface area (Å²) in [5.41, 5.74) is 1.02. The molecule has 22 heavy (non-hydrogen) atoms. The van der Waals surface area contributed by atoms with E-state index in [0.717, 1.165) is 11.8 Å². The van der Waals surface area contributed by atoms with E-state index in [-0.39, 0.29) is 27.4 Å². The number of aryl methyl sites for hydroxylation is 1. The van der Waals surface area contributed by atoms with Gasteiger partial charge in [-0.2, -0.15) is 0 Å². The van der Waals surface area contributed by atoms with Crippen LogP contribution in [-0.4, -0.2) is 25.1 Å². The van der Waals surface area contributed by atoms with Gasteiger partial charge in [-0.25, -0.2) is 18.1 Å². The molecule has 1 aromatic heterocycles. The molecule has 0 fully saturated rings. The molecule has 0 saturated carbocycles. The van der Waals surface area contributed by atoms with Gasteiger partial charge in [0.25, 0.3) is 0 Å². The van der Waals surface area contributed by atoms with Crippen LogP contribution >= 0.6 is 23.2 Å². The van der Waals surface area contributed by atoms with Gasteiger partial charge in [-0.1, -0.05) is 35.3 Å². The average Bonchev–Trinajstić information content (AvgIpc) is 2.48. The van der Waals surface area contributed by atoms with E-state index >= 15 is 0 Å². The first-order chi connectivity index (χ1) is 10.4. The lowest BCUT2D eigenvalue weighted by Gasteiger charge is -2.07. The third-order valence-electron chi connectivity index (χ3n) is 2.95. The van der Waals surface area contributed by atoms with Crippen molar-refractivity contribution >= 4 is 33.2 Å². The number of hydrogen-bond acceptors (Lipinski definition) is 4. The summed E-state index contributed by atoms with van der Waals surface area (Å²) in [6.45, 7) is 0.281. The Bertz CT molecular complexity index is 749. The number of benzene rings is 1. The molecule has 0 unspecified atom stereocenters. The third-order valence-corrected chi connectivity index (χ3v) is 5.07. The third kappa shape index (κ3) is 4.58. The molecule has 2 N–H and O–H groups in total. The number of pyridine rings is 1. The summed E-state index contributed by atoms with van der Waals surface area (Å²) in [5, 5.41) is 9.34. The first kappa shape index (κ1) is 17.0. The number of nitrogens with zero attached hydrogens (tertiary/aromatic N) is 1. The normalized spacial score (nSPS) is 11.5. The zero-order chi connectivity index (χ0) is 16.2. The van der Waals surface area contributed by atoms with Crippen LogP contribution in [0.5, 0.6) is 5.75 Å². The van der Waals surface area contributed by atoms with Crippen molar-refractivity contribution in [2.75, 3.05) is 6.54 Å². The van der Waals surface area contributed by atoms with Crippen molar-refractivity contribution in [2.24, 2.45) is 0 Å². The van der Waals surface area contributed by atoms with Crippen LogP contribution in [0.4, 0.5) is 0 Å². The highest BCUT2D eigenvalue weighted by atomic mass is 35.5. The van der Waals surface area contributed by atoms with Gasteiger partial charge in [0.05, 0.1) is 5.02 Å². The summed E-state index contributed by atoms with van der Waals surface area (Å²) in [6, 6.07) is 8.06. The molecule has 2 rings (SSSR count). The van der Waals surface area contributed by atoms with Gasteiger partial charge in [0.15, 0.2) is 0 Å². The zero-order valence-electron chi connectivity index (χ0n) is 11.5. The van der Waals surface area contributed by atoms with Gasteiger partial charge < -0.3 is 5.11 Å². The van der Waals surface area contributed by atoms with Crippen molar-refractivity contribution < 1.29 is 13.5 Å². The lowest BCUT2D eigenvalue weighted by molar-refractivity contribution is 0.475. The minimum atomic E-state index is -3.66. The Morgan fingerprint density at radius 3 is 2.50 bits per heavy atom. The molecular weight excluding hydrogens is 347 g/mol. The molecule has 118 valence electrons. The summed E-state index contributed by atoms with van der Waals surface area (Å²) >= 11 is 11.4. The predicted octanol–water partition coefficient (Wildman–Crippen LogP) is 3.01. The molecule has 0 saturated heterocycles.